The lowest BCUT2D eigenvalue weighted by Crippen LogP contribution is -2.19. The minimum absolute atomic E-state index is 0.414. The third-order valence-corrected chi connectivity index (χ3v) is 7.57. The van der Waals surface area contributed by atoms with Crippen LogP contribution in [0.3, 0.4) is 0 Å². The maximum absolute atomic E-state index is 5.67. The monoisotopic (exact) mass is 483 g/mol. The molecule has 0 spiro atoms. The van der Waals surface area contributed by atoms with Crippen molar-refractivity contribution >= 4 is 6.21 Å². The maximum atomic E-state index is 5.67. The first-order chi connectivity index (χ1) is 17.0. The zero-order chi connectivity index (χ0) is 25.7. The Hall–Kier alpha value is -1.41. The average molecular weight is 484 g/mol. The second-order valence-electron chi connectivity index (χ2n) is 10.6. The van der Waals surface area contributed by atoms with Crippen molar-refractivity contribution in [1.29, 1.82) is 0 Å². The molecule has 1 heterocycles. The van der Waals surface area contributed by atoms with Crippen molar-refractivity contribution in [3.05, 3.63) is 47.7 Å². The number of unbranched alkanes of at least 4 members (excludes halogenated alkanes) is 5. The predicted molar refractivity (Wildman–Crippen MR) is 157 cm³/mol. The van der Waals surface area contributed by atoms with Gasteiger partial charge < -0.3 is 4.74 Å². The summed E-state index contributed by atoms with van der Waals surface area (Å²) in [6.07, 6.45) is 32.5. The van der Waals surface area contributed by atoms with E-state index in [1.807, 2.05) is 6.21 Å². The molecule has 4 atom stereocenters. The molecule has 0 radical (unpaired) electrons. The van der Waals surface area contributed by atoms with Gasteiger partial charge in [-0.05, 0) is 82.6 Å². The number of aliphatic imine (C=N–C) groups is 1. The molecule has 4 unspecified atom stereocenters. The van der Waals surface area contributed by atoms with Crippen molar-refractivity contribution in [2.75, 3.05) is 6.61 Å². The normalized spacial score (nSPS) is 18.2. The number of hydrogen-bond acceptors (Lipinski definition) is 2. The van der Waals surface area contributed by atoms with Gasteiger partial charge in [0.15, 0.2) is 0 Å². The number of rotatable bonds is 19. The summed E-state index contributed by atoms with van der Waals surface area (Å²) in [5.41, 5.74) is 2.78. The summed E-state index contributed by atoms with van der Waals surface area (Å²) in [5, 5.41) is 0. The van der Waals surface area contributed by atoms with E-state index in [2.05, 4.69) is 78.0 Å². The van der Waals surface area contributed by atoms with E-state index in [-0.39, 0.29) is 0 Å². The molecule has 0 saturated carbocycles. The van der Waals surface area contributed by atoms with Gasteiger partial charge in [-0.3, -0.25) is 4.99 Å². The van der Waals surface area contributed by atoms with Crippen LogP contribution in [0.4, 0.5) is 0 Å². The van der Waals surface area contributed by atoms with E-state index in [1.165, 1.54) is 69.1 Å². The third kappa shape index (κ3) is 15.3. The summed E-state index contributed by atoms with van der Waals surface area (Å²) in [6.45, 7) is 14.5. The highest BCUT2D eigenvalue weighted by Gasteiger charge is 2.22. The largest absolute Gasteiger partial charge is 0.379 e. The highest BCUT2D eigenvalue weighted by Crippen LogP contribution is 2.33. The molecule has 1 rings (SSSR count). The quantitative estimate of drug-likeness (QED) is 0.132. The minimum Gasteiger partial charge on any atom is -0.379 e. The molecular formula is C33H57NO. The molecule has 0 aromatic heterocycles. The van der Waals surface area contributed by atoms with Gasteiger partial charge in [0.2, 0.25) is 0 Å². The van der Waals surface area contributed by atoms with E-state index in [0.29, 0.717) is 23.9 Å². The highest BCUT2D eigenvalue weighted by atomic mass is 16.5. The van der Waals surface area contributed by atoms with Crippen LogP contribution in [0.5, 0.6) is 0 Å². The van der Waals surface area contributed by atoms with E-state index < -0.39 is 0 Å². The van der Waals surface area contributed by atoms with Gasteiger partial charge in [-0.2, -0.15) is 0 Å². The van der Waals surface area contributed by atoms with E-state index in [9.17, 15) is 0 Å². The van der Waals surface area contributed by atoms with Gasteiger partial charge in [0.05, 0.1) is 6.10 Å². The van der Waals surface area contributed by atoms with Crippen molar-refractivity contribution in [1.82, 2.24) is 0 Å². The maximum Gasteiger partial charge on any atom is 0.0546 e. The van der Waals surface area contributed by atoms with Crippen LogP contribution in [0.1, 0.15) is 125 Å². The molecule has 0 bridgehead atoms. The fraction of sp³-hybridized carbons (Fsp3) is 0.727. The molecule has 0 aromatic rings. The first kappa shape index (κ1) is 31.6. The van der Waals surface area contributed by atoms with Crippen LogP contribution in [0.25, 0.3) is 0 Å². The number of ether oxygens (including phenoxy) is 1. The molecule has 0 saturated heterocycles. The first-order valence-corrected chi connectivity index (χ1v) is 14.9. The molecule has 35 heavy (non-hydrogen) atoms. The average Bonchev–Trinajstić information content (AvgIpc) is 2.83. The van der Waals surface area contributed by atoms with Crippen LogP contribution in [0.15, 0.2) is 52.7 Å². The zero-order valence-electron chi connectivity index (χ0n) is 24.1. The summed E-state index contributed by atoms with van der Waals surface area (Å²) < 4.78 is 5.67. The van der Waals surface area contributed by atoms with Crippen molar-refractivity contribution in [3.8, 4) is 0 Å². The second kappa shape index (κ2) is 20.7. The van der Waals surface area contributed by atoms with Crippen molar-refractivity contribution < 1.29 is 4.74 Å². The lowest BCUT2D eigenvalue weighted by molar-refractivity contribution is 0.0683. The number of allylic oxidation sites excluding steroid dienone is 8. The molecule has 0 amide bonds. The van der Waals surface area contributed by atoms with Crippen molar-refractivity contribution in [2.24, 2.45) is 22.7 Å². The molecule has 2 nitrogen and oxygen atoms in total. The van der Waals surface area contributed by atoms with Gasteiger partial charge >= 0.3 is 0 Å². The minimum atomic E-state index is 0.414. The van der Waals surface area contributed by atoms with Crippen LogP contribution in [-0.4, -0.2) is 18.9 Å². The molecule has 0 fully saturated rings. The zero-order valence-corrected chi connectivity index (χ0v) is 24.1. The second-order valence-corrected chi connectivity index (χ2v) is 10.6. The summed E-state index contributed by atoms with van der Waals surface area (Å²) in [4.78, 5) is 4.80. The third-order valence-electron chi connectivity index (χ3n) is 7.57. The van der Waals surface area contributed by atoms with Gasteiger partial charge in [-0.1, -0.05) is 102 Å². The topological polar surface area (TPSA) is 21.6 Å². The molecule has 1 aliphatic rings. The molecule has 1 aliphatic heterocycles. The Morgan fingerprint density at radius 3 is 2.46 bits per heavy atom. The molecule has 0 aromatic carbocycles. The Kier molecular flexibility index (Phi) is 18.7. The molecule has 0 aliphatic carbocycles. The van der Waals surface area contributed by atoms with E-state index in [0.717, 1.165) is 32.3 Å². The smallest absolute Gasteiger partial charge is 0.0546 e. The number of hydrogen-bond donors (Lipinski definition) is 0. The van der Waals surface area contributed by atoms with Crippen molar-refractivity contribution in [2.45, 2.75) is 131 Å². The van der Waals surface area contributed by atoms with Crippen LogP contribution < -0.4 is 0 Å². The van der Waals surface area contributed by atoms with Gasteiger partial charge in [-0.25, -0.2) is 0 Å². The van der Waals surface area contributed by atoms with Gasteiger partial charge in [0, 0.05) is 18.5 Å². The van der Waals surface area contributed by atoms with Gasteiger partial charge in [-0.15, -0.1) is 0 Å². The predicted octanol–water partition coefficient (Wildman–Crippen LogP) is 10.4. The molecule has 0 N–H and O–H groups in total. The van der Waals surface area contributed by atoms with Crippen LogP contribution in [0.2, 0.25) is 0 Å². The van der Waals surface area contributed by atoms with E-state index >= 15 is 0 Å². The number of nitrogens with zero attached hydrogens (tertiary/aromatic N) is 1. The van der Waals surface area contributed by atoms with Crippen LogP contribution >= 0.6 is 0 Å². The SMILES string of the molecule is CCCC=C(C=CC(C)C(C)C(CCCCCCCC(C)OCC)CC1=CCCC=CC=N1)CC. The summed E-state index contributed by atoms with van der Waals surface area (Å²) >= 11 is 0. The molecule has 200 valence electrons. The fourth-order valence-corrected chi connectivity index (χ4v) is 4.93. The lowest BCUT2D eigenvalue weighted by atomic mass is 9.78. The molecular weight excluding hydrogens is 426 g/mol. The van der Waals surface area contributed by atoms with Crippen molar-refractivity contribution in [3.63, 3.8) is 0 Å². The van der Waals surface area contributed by atoms with Gasteiger partial charge in [0.25, 0.3) is 0 Å². The Bertz CT molecular complexity index is 669. The standard InChI is InChI=1S/C33H57NO/c1-7-10-21-31(8-2)25-24-28(4)30(6)32(27-33-23-18-14-15-19-26-34-33)22-17-13-11-12-16-20-29(5)35-9-3/h15,19,21,23-26,28-30,32H,7-14,16-18,20,22,27H2,1-6H3. The van der Waals surface area contributed by atoms with Crippen LogP contribution in [0, 0.1) is 17.8 Å². The summed E-state index contributed by atoms with van der Waals surface area (Å²) in [7, 11) is 0. The summed E-state index contributed by atoms with van der Waals surface area (Å²) in [5.74, 6) is 1.92. The molecule has 2 heteroatoms. The fourth-order valence-electron chi connectivity index (χ4n) is 4.93. The van der Waals surface area contributed by atoms with E-state index in [1.54, 1.807) is 0 Å². The highest BCUT2D eigenvalue weighted by molar-refractivity contribution is 5.72. The van der Waals surface area contributed by atoms with E-state index in [4.69, 9.17) is 9.73 Å². The summed E-state index contributed by atoms with van der Waals surface area (Å²) in [6, 6.07) is 0. The van der Waals surface area contributed by atoms with Gasteiger partial charge in [0.1, 0.15) is 0 Å². The Labute approximate surface area is 219 Å². The Morgan fingerprint density at radius 2 is 1.74 bits per heavy atom. The lowest BCUT2D eigenvalue weighted by Gasteiger charge is -2.28. The van der Waals surface area contributed by atoms with Crippen LogP contribution in [-0.2, 0) is 4.74 Å². The first-order valence-electron chi connectivity index (χ1n) is 14.9. The Balaban J connectivity index is 2.67. The Morgan fingerprint density at radius 1 is 1.00 bits per heavy atom.